The summed E-state index contributed by atoms with van der Waals surface area (Å²) in [5.74, 6) is 1.05. The van der Waals surface area contributed by atoms with Gasteiger partial charge in [-0.3, -0.25) is 14.7 Å². The zero-order chi connectivity index (χ0) is 19.7. The molecule has 28 heavy (non-hydrogen) atoms. The number of pyridine rings is 1. The fourth-order valence-electron chi connectivity index (χ4n) is 3.29. The molecule has 142 valence electrons. The van der Waals surface area contributed by atoms with Crippen LogP contribution >= 0.6 is 15.9 Å². The minimum absolute atomic E-state index is 0.151. The number of rotatable bonds is 5. The lowest BCUT2D eigenvalue weighted by Gasteiger charge is -2.28. The Balaban J connectivity index is 1.84. The number of benzene rings is 2. The van der Waals surface area contributed by atoms with Crippen molar-refractivity contribution >= 4 is 33.2 Å². The van der Waals surface area contributed by atoms with Crippen LogP contribution in [0.1, 0.15) is 22.2 Å². The topological polar surface area (TPSA) is 63.7 Å². The number of carbonyl (C=O) groups excluding carboxylic acids is 1. The molecule has 3 aromatic rings. The molecule has 1 N–H and O–H groups in total. The molecule has 0 bridgehead atoms. The fourth-order valence-corrected chi connectivity index (χ4v) is 3.69. The Morgan fingerprint density at radius 1 is 1.07 bits per heavy atom. The van der Waals surface area contributed by atoms with Gasteiger partial charge in [0.25, 0.3) is 5.91 Å². The standard InChI is InChI=1S/C21H18BrN3O3/c1-27-15-8-9-18(28-2)17(12-15)25-20(24-14-6-3-5-13(22)11-14)19-16(21(25)26)7-4-10-23-19/h3-12,20,24H,1-2H3/t20-/m1/s1. The maximum atomic E-state index is 13.3. The van der Waals surface area contributed by atoms with E-state index in [1.54, 1.807) is 55.6 Å². The molecule has 1 aliphatic heterocycles. The van der Waals surface area contributed by atoms with E-state index in [1.807, 2.05) is 24.3 Å². The molecule has 2 aromatic carbocycles. The Kier molecular flexibility index (Phi) is 4.92. The minimum atomic E-state index is -0.487. The van der Waals surface area contributed by atoms with E-state index in [0.717, 1.165) is 10.2 Å². The lowest BCUT2D eigenvalue weighted by Crippen LogP contribution is -2.32. The van der Waals surface area contributed by atoms with Crippen molar-refractivity contribution in [2.75, 3.05) is 24.4 Å². The van der Waals surface area contributed by atoms with Gasteiger partial charge >= 0.3 is 0 Å². The van der Waals surface area contributed by atoms with Crippen LogP contribution in [0.25, 0.3) is 0 Å². The molecule has 7 heteroatoms. The molecule has 0 radical (unpaired) electrons. The van der Waals surface area contributed by atoms with Gasteiger partial charge in [0.05, 0.1) is 31.2 Å². The molecule has 4 rings (SSSR count). The van der Waals surface area contributed by atoms with E-state index in [-0.39, 0.29) is 5.91 Å². The average molecular weight is 440 g/mol. The van der Waals surface area contributed by atoms with Crippen molar-refractivity contribution in [1.29, 1.82) is 0 Å². The van der Waals surface area contributed by atoms with Crippen molar-refractivity contribution in [3.05, 3.63) is 76.5 Å². The van der Waals surface area contributed by atoms with Crippen molar-refractivity contribution in [3.63, 3.8) is 0 Å². The normalized spacial score (nSPS) is 15.3. The average Bonchev–Trinajstić information content (AvgIpc) is 2.99. The fraction of sp³-hybridized carbons (Fsp3) is 0.143. The Bertz CT molecular complexity index is 1040. The van der Waals surface area contributed by atoms with Crippen LogP contribution in [0, 0.1) is 0 Å². The number of anilines is 2. The van der Waals surface area contributed by atoms with E-state index >= 15 is 0 Å². The zero-order valence-corrected chi connectivity index (χ0v) is 16.9. The van der Waals surface area contributed by atoms with Crippen LogP contribution in [0.15, 0.2) is 65.3 Å². The second kappa shape index (κ2) is 7.52. The predicted octanol–water partition coefficient (Wildman–Crippen LogP) is 4.63. The van der Waals surface area contributed by atoms with Gasteiger partial charge in [-0.2, -0.15) is 0 Å². The molecule has 1 aliphatic rings. The number of hydrogen-bond acceptors (Lipinski definition) is 5. The van der Waals surface area contributed by atoms with E-state index in [0.29, 0.717) is 28.4 Å². The number of hydrogen-bond donors (Lipinski definition) is 1. The van der Waals surface area contributed by atoms with Crippen molar-refractivity contribution < 1.29 is 14.3 Å². The van der Waals surface area contributed by atoms with Crippen LogP contribution in [-0.4, -0.2) is 25.1 Å². The maximum absolute atomic E-state index is 13.3. The van der Waals surface area contributed by atoms with Gasteiger partial charge in [-0.1, -0.05) is 22.0 Å². The first-order valence-electron chi connectivity index (χ1n) is 8.65. The van der Waals surface area contributed by atoms with E-state index in [1.165, 1.54) is 0 Å². The van der Waals surface area contributed by atoms with Crippen LogP contribution in [-0.2, 0) is 0 Å². The van der Waals surface area contributed by atoms with E-state index in [2.05, 4.69) is 26.2 Å². The van der Waals surface area contributed by atoms with Gasteiger partial charge in [0.1, 0.15) is 11.5 Å². The highest BCUT2D eigenvalue weighted by Gasteiger charge is 2.40. The van der Waals surface area contributed by atoms with Gasteiger partial charge in [0.15, 0.2) is 6.17 Å². The largest absolute Gasteiger partial charge is 0.497 e. The molecule has 0 saturated heterocycles. The van der Waals surface area contributed by atoms with Crippen molar-refractivity contribution in [1.82, 2.24) is 4.98 Å². The first kappa shape index (κ1) is 18.3. The maximum Gasteiger partial charge on any atom is 0.262 e. The highest BCUT2D eigenvalue weighted by Crippen LogP contribution is 2.42. The third-order valence-corrected chi connectivity index (χ3v) is 5.07. The number of amides is 1. The second-order valence-electron chi connectivity index (χ2n) is 6.21. The molecule has 0 saturated carbocycles. The van der Waals surface area contributed by atoms with Gasteiger partial charge in [-0.25, -0.2) is 0 Å². The summed E-state index contributed by atoms with van der Waals surface area (Å²) in [4.78, 5) is 19.4. The van der Waals surface area contributed by atoms with Crippen molar-refractivity contribution in [2.24, 2.45) is 0 Å². The van der Waals surface area contributed by atoms with Gasteiger partial charge in [0.2, 0.25) is 0 Å². The lowest BCUT2D eigenvalue weighted by molar-refractivity contribution is 0.0992. The summed E-state index contributed by atoms with van der Waals surface area (Å²) >= 11 is 3.48. The number of halogens is 1. The molecular formula is C21H18BrN3O3. The first-order valence-corrected chi connectivity index (χ1v) is 9.44. The summed E-state index contributed by atoms with van der Waals surface area (Å²) in [5.41, 5.74) is 2.69. The Morgan fingerprint density at radius 3 is 2.68 bits per heavy atom. The monoisotopic (exact) mass is 439 g/mol. The summed E-state index contributed by atoms with van der Waals surface area (Å²) < 4.78 is 11.8. The SMILES string of the molecule is COc1ccc(OC)c(N2C(=O)c3cccnc3[C@@H]2Nc2cccc(Br)c2)c1. The molecule has 6 nitrogen and oxygen atoms in total. The molecule has 1 amide bonds. The lowest BCUT2D eigenvalue weighted by atomic mass is 10.2. The Labute approximate surface area is 171 Å². The third kappa shape index (κ3) is 3.18. The number of carbonyl (C=O) groups is 1. The Hall–Kier alpha value is -3.06. The quantitative estimate of drug-likeness (QED) is 0.627. The van der Waals surface area contributed by atoms with E-state index < -0.39 is 6.17 Å². The molecule has 0 fully saturated rings. The number of nitrogens with zero attached hydrogens (tertiary/aromatic N) is 2. The Morgan fingerprint density at radius 2 is 1.93 bits per heavy atom. The number of aromatic nitrogens is 1. The number of fused-ring (bicyclic) bond motifs is 1. The van der Waals surface area contributed by atoms with Crippen molar-refractivity contribution in [2.45, 2.75) is 6.17 Å². The van der Waals surface area contributed by atoms with Crippen LogP contribution in [0.5, 0.6) is 11.5 Å². The van der Waals surface area contributed by atoms with E-state index in [9.17, 15) is 4.79 Å². The van der Waals surface area contributed by atoms with Crippen molar-refractivity contribution in [3.8, 4) is 11.5 Å². The summed E-state index contributed by atoms with van der Waals surface area (Å²) in [6.07, 6.45) is 1.20. The molecular weight excluding hydrogens is 422 g/mol. The van der Waals surface area contributed by atoms with Crippen LogP contribution in [0.3, 0.4) is 0 Å². The molecule has 0 aliphatic carbocycles. The molecule has 0 unspecified atom stereocenters. The van der Waals surface area contributed by atoms with Crippen LogP contribution < -0.4 is 19.7 Å². The first-order chi connectivity index (χ1) is 13.6. The number of nitrogens with one attached hydrogen (secondary N) is 1. The summed E-state index contributed by atoms with van der Waals surface area (Å²) in [5, 5.41) is 3.42. The number of methoxy groups -OCH3 is 2. The van der Waals surface area contributed by atoms with Gasteiger partial charge in [-0.05, 0) is 42.5 Å². The number of ether oxygens (including phenoxy) is 2. The molecule has 1 aromatic heterocycles. The zero-order valence-electron chi connectivity index (χ0n) is 15.3. The summed E-state index contributed by atoms with van der Waals surface area (Å²) in [6.45, 7) is 0. The van der Waals surface area contributed by atoms with Crippen LogP contribution in [0.4, 0.5) is 11.4 Å². The highest BCUT2D eigenvalue weighted by molar-refractivity contribution is 9.10. The smallest absolute Gasteiger partial charge is 0.262 e. The van der Waals surface area contributed by atoms with E-state index in [4.69, 9.17) is 9.47 Å². The minimum Gasteiger partial charge on any atom is -0.497 e. The summed E-state index contributed by atoms with van der Waals surface area (Å²) in [6, 6.07) is 16.7. The third-order valence-electron chi connectivity index (χ3n) is 4.58. The molecule has 2 heterocycles. The van der Waals surface area contributed by atoms with Gasteiger partial charge < -0.3 is 14.8 Å². The van der Waals surface area contributed by atoms with Crippen LogP contribution in [0.2, 0.25) is 0 Å². The highest BCUT2D eigenvalue weighted by atomic mass is 79.9. The molecule has 1 atom stereocenters. The van der Waals surface area contributed by atoms with Gasteiger partial charge in [0, 0.05) is 22.4 Å². The molecule has 0 spiro atoms. The predicted molar refractivity (Wildman–Crippen MR) is 111 cm³/mol. The summed E-state index contributed by atoms with van der Waals surface area (Å²) in [7, 11) is 3.17. The van der Waals surface area contributed by atoms with Gasteiger partial charge in [-0.15, -0.1) is 0 Å². The second-order valence-corrected chi connectivity index (χ2v) is 7.12.